The average Bonchev–Trinajstić information content (AvgIpc) is 2.46. The van der Waals surface area contributed by atoms with Gasteiger partial charge in [0, 0.05) is 31.1 Å². The number of piperazine rings is 1. The van der Waals surface area contributed by atoms with Crippen LogP contribution in [0, 0.1) is 11.3 Å². The summed E-state index contributed by atoms with van der Waals surface area (Å²) >= 11 is 0. The van der Waals surface area contributed by atoms with E-state index in [2.05, 4.69) is 28.2 Å². The highest BCUT2D eigenvalue weighted by Crippen LogP contribution is 2.23. The van der Waals surface area contributed by atoms with Gasteiger partial charge in [-0.1, -0.05) is 18.2 Å². The molecule has 1 aromatic heterocycles. The summed E-state index contributed by atoms with van der Waals surface area (Å²) in [7, 11) is 0. The van der Waals surface area contributed by atoms with Crippen LogP contribution < -0.4 is 10.2 Å². The Hall–Kier alpha value is -2.12. The van der Waals surface area contributed by atoms with Gasteiger partial charge < -0.3 is 10.2 Å². The Balaban J connectivity index is 2.08. The van der Waals surface area contributed by atoms with Crippen molar-refractivity contribution < 1.29 is 0 Å². The van der Waals surface area contributed by atoms with Crippen LogP contribution in [-0.4, -0.2) is 30.7 Å². The number of nitrogens with zero attached hydrogens (tertiary/aromatic N) is 3. The van der Waals surface area contributed by atoms with Crippen LogP contribution >= 0.6 is 0 Å². The molecule has 0 saturated carbocycles. The van der Waals surface area contributed by atoms with Crippen molar-refractivity contribution in [3.8, 4) is 6.07 Å². The van der Waals surface area contributed by atoms with Crippen molar-refractivity contribution in [2.45, 2.75) is 13.0 Å². The fourth-order valence-corrected chi connectivity index (χ4v) is 2.55. The molecule has 96 valence electrons. The molecule has 1 aliphatic rings. The van der Waals surface area contributed by atoms with E-state index < -0.39 is 0 Å². The van der Waals surface area contributed by atoms with E-state index in [0.717, 1.165) is 36.4 Å². The number of nitrogens with one attached hydrogen (secondary N) is 1. The third-order valence-corrected chi connectivity index (χ3v) is 3.49. The molecule has 0 amide bonds. The minimum absolute atomic E-state index is 0.425. The molecule has 1 aliphatic heterocycles. The second-order valence-electron chi connectivity index (χ2n) is 4.97. The molecule has 1 aromatic carbocycles. The van der Waals surface area contributed by atoms with Gasteiger partial charge in [-0.3, -0.25) is 0 Å². The molecule has 1 atom stereocenters. The monoisotopic (exact) mass is 252 g/mol. The van der Waals surface area contributed by atoms with Crippen LogP contribution in [0.4, 0.5) is 5.82 Å². The smallest absolute Gasteiger partial charge is 0.147 e. The maximum absolute atomic E-state index is 9.34. The number of benzene rings is 1. The molecule has 0 spiro atoms. The number of nitriles is 1. The molecule has 1 fully saturated rings. The van der Waals surface area contributed by atoms with E-state index in [1.807, 2.05) is 30.3 Å². The summed E-state index contributed by atoms with van der Waals surface area (Å²) in [6, 6.07) is 12.6. The van der Waals surface area contributed by atoms with Gasteiger partial charge in [0.25, 0.3) is 0 Å². The number of para-hydroxylation sites is 1. The van der Waals surface area contributed by atoms with Gasteiger partial charge in [-0.05, 0) is 19.1 Å². The summed E-state index contributed by atoms with van der Waals surface area (Å²) in [6.45, 7) is 4.87. The standard InChI is InChI=1S/C15H16N4/c1-11-10-19(7-6-17-11)15-13(9-16)8-12-4-2-3-5-14(12)18-15/h2-5,8,11,17H,6-7,10H2,1H3. The maximum atomic E-state index is 9.34. The third-order valence-electron chi connectivity index (χ3n) is 3.49. The lowest BCUT2D eigenvalue weighted by molar-refractivity contribution is 0.482. The summed E-state index contributed by atoms with van der Waals surface area (Å²) in [6.07, 6.45) is 0. The van der Waals surface area contributed by atoms with Crippen LogP contribution in [0.2, 0.25) is 0 Å². The number of hydrogen-bond acceptors (Lipinski definition) is 4. The Morgan fingerprint density at radius 3 is 3.05 bits per heavy atom. The van der Waals surface area contributed by atoms with Crippen molar-refractivity contribution in [3.63, 3.8) is 0 Å². The van der Waals surface area contributed by atoms with Crippen LogP contribution in [0.25, 0.3) is 10.9 Å². The van der Waals surface area contributed by atoms with Crippen LogP contribution in [0.15, 0.2) is 30.3 Å². The number of aromatic nitrogens is 1. The average molecular weight is 252 g/mol. The predicted octanol–water partition coefficient (Wildman–Crippen LogP) is 1.90. The first-order valence-electron chi connectivity index (χ1n) is 6.56. The molecule has 1 unspecified atom stereocenters. The van der Waals surface area contributed by atoms with Gasteiger partial charge in [0.05, 0.1) is 11.1 Å². The molecule has 3 rings (SSSR count). The van der Waals surface area contributed by atoms with E-state index in [1.54, 1.807) is 0 Å². The number of pyridine rings is 1. The highest BCUT2D eigenvalue weighted by molar-refractivity contribution is 5.83. The SMILES string of the molecule is CC1CN(c2nc3ccccc3cc2C#N)CCN1. The topological polar surface area (TPSA) is 52.0 Å². The quantitative estimate of drug-likeness (QED) is 0.842. The molecule has 0 bridgehead atoms. The highest BCUT2D eigenvalue weighted by Gasteiger charge is 2.20. The van der Waals surface area contributed by atoms with Gasteiger partial charge in [-0.15, -0.1) is 0 Å². The summed E-state index contributed by atoms with van der Waals surface area (Å²) in [5, 5.41) is 13.8. The molecule has 1 N–H and O–H groups in total. The van der Waals surface area contributed by atoms with E-state index in [4.69, 9.17) is 0 Å². The van der Waals surface area contributed by atoms with Crippen LogP contribution in [0.3, 0.4) is 0 Å². The summed E-state index contributed by atoms with van der Waals surface area (Å²) in [5.74, 6) is 0.814. The Morgan fingerprint density at radius 2 is 2.26 bits per heavy atom. The summed E-state index contributed by atoms with van der Waals surface area (Å²) in [4.78, 5) is 6.88. The van der Waals surface area contributed by atoms with Crippen LogP contribution in [0.5, 0.6) is 0 Å². The normalized spacial score (nSPS) is 19.4. The highest BCUT2D eigenvalue weighted by atomic mass is 15.2. The first-order chi connectivity index (χ1) is 9.28. The minimum Gasteiger partial charge on any atom is -0.353 e. The fraction of sp³-hybridized carbons (Fsp3) is 0.333. The molecule has 0 radical (unpaired) electrons. The Morgan fingerprint density at radius 1 is 1.42 bits per heavy atom. The van der Waals surface area contributed by atoms with E-state index in [-0.39, 0.29) is 0 Å². The lowest BCUT2D eigenvalue weighted by Crippen LogP contribution is -2.49. The van der Waals surface area contributed by atoms with Crippen LogP contribution in [-0.2, 0) is 0 Å². The summed E-state index contributed by atoms with van der Waals surface area (Å²) < 4.78 is 0. The van der Waals surface area contributed by atoms with Gasteiger partial charge in [0.2, 0.25) is 0 Å². The van der Waals surface area contributed by atoms with Crippen molar-refractivity contribution in [2.75, 3.05) is 24.5 Å². The van der Waals surface area contributed by atoms with Crippen molar-refractivity contribution in [1.29, 1.82) is 5.26 Å². The predicted molar refractivity (Wildman–Crippen MR) is 76.1 cm³/mol. The van der Waals surface area contributed by atoms with Crippen molar-refractivity contribution in [1.82, 2.24) is 10.3 Å². The number of anilines is 1. The lowest BCUT2D eigenvalue weighted by atomic mass is 10.1. The molecule has 4 heteroatoms. The lowest BCUT2D eigenvalue weighted by Gasteiger charge is -2.33. The van der Waals surface area contributed by atoms with Gasteiger partial charge >= 0.3 is 0 Å². The van der Waals surface area contributed by atoms with E-state index in [0.29, 0.717) is 11.6 Å². The van der Waals surface area contributed by atoms with Crippen molar-refractivity contribution in [2.24, 2.45) is 0 Å². The molecule has 2 heterocycles. The minimum atomic E-state index is 0.425. The van der Waals surface area contributed by atoms with Gasteiger partial charge in [-0.2, -0.15) is 5.26 Å². The van der Waals surface area contributed by atoms with E-state index >= 15 is 0 Å². The molecule has 0 aliphatic carbocycles. The van der Waals surface area contributed by atoms with Gasteiger partial charge in [0.15, 0.2) is 0 Å². The molecule has 2 aromatic rings. The number of rotatable bonds is 1. The fourth-order valence-electron chi connectivity index (χ4n) is 2.55. The zero-order valence-electron chi connectivity index (χ0n) is 10.9. The first kappa shape index (κ1) is 11.9. The zero-order chi connectivity index (χ0) is 13.2. The Labute approximate surface area is 112 Å². The van der Waals surface area contributed by atoms with E-state index in [1.165, 1.54) is 0 Å². The maximum Gasteiger partial charge on any atom is 0.147 e. The third kappa shape index (κ3) is 2.25. The summed E-state index contributed by atoms with van der Waals surface area (Å²) in [5.41, 5.74) is 1.61. The molecule has 19 heavy (non-hydrogen) atoms. The van der Waals surface area contributed by atoms with Gasteiger partial charge in [-0.25, -0.2) is 4.98 Å². The van der Waals surface area contributed by atoms with Crippen molar-refractivity contribution >= 4 is 16.7 Å². The van der Waals surface area contributed by atoms with E-state index in [9.17, 15) is 5.26 Å². The largest absolute Gasteiger partial charge is 0.353 e. The first-order valence-corrected chi connectivity index (χ1v) is 6.56. The zero-order valence-corrected chi connectivity index (χ0v) is 10.9. The molecule has 4 nitrogen and oxygen atoms in total. The number of hydrogen-bond donors (Lipinski definition) is 1. The van der Waals surface area contributed by atoms with Crippen molar-refractivity contribution in [3.05, 3.63) is 35.9 Å². The number of fused-ring (bicyclic) bond motifs is 1. The second kappa shape index (κ2) is 4.87. The Kier molecular flexibility index (Phi) is 3.06. The Bertz CT molecular complexity index is 644. The molecular formula is C15H16N4. The molecule has 1 saturated heterocycles. The van der Waals surface area contributed by atoms with Gasteiger partial charge in [0.1, 0.15) is 11.9 Å². The molecular weight excluding hydrogens is 236 g/mol. The second-order valence-corrected chi connectivity index (χ2v) is 4.97. The van der Waals surface area contributed by atoms with Crippen LogP contribution in [0.1, 0.15) is 12.5 Å².